The quantitative estimate of drug-likeness (QED) is 0.383. The second-order valence-corrected chi connectivity index (χ2v) is 8.93. The molecule has 0 unspecified atom stereocenters. The number of hydrogen-bond acceptors (Lipinski definition) is 7. The topological polar surface area (TPSA) is 140 Å². The van der Waals surface area contributed by atoms with Crippen molar-refractivity contribution in [2.45, 2.75) is 38.8 Å². The van der Waals surface area contributed by atoms with Crippen LogP contribution in [0.5, 0.6) is 5.75 Å². The molecule has 6 rings (SSSR count). The second kappa shape index (κ2) is 8.15. The van der Waals surface area contributed by atoms with Crippen LogP contribution < -0.4 is 16.2 Å². The maximum atomic E-state index is 11.1. The molecule has 0 bridgehead atoms. The summed E-state index contributed by atoms with van der Waals surface area (Å²) >= 11 is 0. The van der Waals surface area contributed by atoms with Crippen molar-refractivity contribution in [3.8, 4) is 28.3 Å². The molecule has 4 N–H and O–H groups in total. The third-order valence-corrected chi connectivity index (χ3v) is 6.45. The molecular formula is C25H25N7O3. The first kappa shape index (κ1) is 21.2. The molecule has 10 nitrogen and oxygen atoms in total. The van der Waals surface area contributed by atoms with Gasteiger partial charge in [-0.3, -0.25) is 9.48 Å². The van der Waals surface area contributed by atoms with Gasteiger partial charge in [0.2, 0.25) is 5.91 Å². The number of aromatic nitrogens is 5. The van der Waals surface area contributed by atoms with E-state index in [1.165, 1.54) is 0 Å². The van der Waals surface area contributed by atoms with Crippen LogP contribution >= 0.6 is 0 Å². The average molecular weight is 472 g/mol. The number of rotatable bonds is 6. The van der Waals surface area contributed by atoms with E-state index in [0.717, 1.165) is 52.3 Å². The van der Waals surface area contributed by atoms with Crippen molar-refractivity contribution in [1.82, 2.24) is 24.3 Å². The summed E-state index contributed by atoms with van der Waals surface area (Å²) in [5, 5.41) is 4.51. The fourth-order valence-electron chi connectivity index (χ4n) is 4.65. The van der Waals surface area contributed by atoms with Crippen LogP contribution in [0, 0.1) is 0 Å². The zero-order chi connectivity index (χ0) is 24.1. The monoisotopic (exact) mass is 471 g/mol. The molecule has 0 fully saturated rings. The molecule has 4 heterocycles. The van der Waals surface area contributed by atoms with Gasteiger partial charge in [0, 0.05) is 36.3 Å². The molecule has 0 spiro atoms. The average Bonchev–Trinajstić information content (AvgIpc) is 3.52. The largest absolute Gasteiger partial charge is 0.491 e. The number of hydrogen-bond donors (Lipinski definition) is 2. The molecule has 0 saturated carbocycles. The van der Waals surface area contributed by atoms with E-state index in [9.17, 15) is 4.79 Å². The van der Waals surface area contributed by atoms with Crippen molar-refractivity contribution in [2.24, 2.45) is 5.73 Å². The van der Waals surface area contributed by atoms with E-state index in [0.29, 0.717) is 30.5 Å². The SMILES string of the molecule is C[C@@H](CCC(N)=O)n1cc(-c2cc3c4c(c2)nc(-c2ccc5oc(N)nc5c2)n4CCCO3)cn1. The first-order chi connectivity index (χ1) is 17.0. The van der Waals surface area contributed by atoms with Crippen LogP contribution in [-0.2, 0) is 11.3 Å². The lowest BCUT2D eigenvalue weighted by molar-refractivity contribution is -0.118. The Morgan fingerprint density at radius 1 is 1.14 bits per heavy atom. The van der Waals surface area contributed by atoms with Gasteiger partial charge in [-0.15, -0.1) is 0 Å². The van der Waals surface area contributed by atoms with Crippen LogP contribution in [-0.4, -0.2) is 36.8 Å². The lowest BCUT2D eigenvalue weighted by Gasteiger charge is -2.10. The van der Waals surface area contributed by atoms with Crippen LogP contribution in [0.25, 0.3) is 44.6 Å². The predicted octanol–water partition coefficient (Wildman–Crippen LogP) is 3.90. The molecule has 0 radical (unpaired) electrons. The number of nitrogen functional groups attached to an aromatic ring is 1. The van der Waals surface area contributed by atoms with Crippen molar-refractivity contribution in [3.63, 3.8) is 0 Å². The molecule has 1 atom stereocenters. The van der Waals surface area contributed by atoms with Gasteiger partial charge in [0.05, 0.1) is 18.3 Å². The fourth-order valence-corrected chi connectivity index (χ4v) is 4.65. The number of carbonyl (C=O) groups excluding carboxylic acids is 1. The number of amides is 1. The Balaban J connectivity index is 1.42. The standard InChI is InChI=1S/C25H25N7O3/c1-14(3-6-22(26)33)32-13-17(12-28-32)16-10-19-23-21(11-16)34-8-2-7-31(23)24(29-19)15-4-5-20-18(9-15)30-25(27)35-20/h4-5,9-14H,2-3,6-8H2,1H3,(H2,26,33)(H2,27,30)/t14-/m0/s1. The summed E-state index contributed by atoms with van der Waals surface area (Å²) in [6.45, 7) is 3.45. The Bertz CT molecular complexity index is 1580. The third kappa shape index (κ3) is 3.76. The minimum atomic E-state index is -0.306. The minimum Gasteiger partial charge on any atom is -0.491 e. The number of ether oxygens (including phenoxy) is 1. The van der Waals surface area contributed by atoms with Crippen LogP contribution in [0.3, 0.4) is 0 Å². The lowest BCUT2D eigenvalue weighted by atomic mass is 10.1. The third-order valence-electron chi connectivity index (χ3n) is 6.45. The minimum absolute atomic E-state index is 0.0593. The predicted molar refractivity (Wildman–Crippen MR) is 132 cm³/mol. The molecule has 3 aromatic heterocycles. The van der Waals surface area contributed by atoms with E-state index in [1.807, 2.05) is 48.3 Å². The van der Waals surface area contributed by atoms with E-state index >= 15 is 0 Å². The van der Waals surface area contributed by atoms with E-state index in [-0.39, 0.29) is 18.0 Å². The summed E-state index contributed by atoms with van der Waals surface area (Å²) < 4.78 is 15.6. The highest BCUT2D eigenvalue weighted by atomic mass is 16.5. The Labute approximate surface area is 200 Å². The highest BCUT2D eigenvalue weighted by Gasteiger charge is 2.21. The summed E-state index contributed by atoms with van der Waals surface area (Å²) in [5.41, 5.74) is 17.1. The smallest absolute Gasteiger partial charge is 0.292 e. The Morgan fingerprint density at radius 2 is 2.00 bits per heavy atom. The molecule has 35 heavy (non-hydrogen) atoms. The maximum absolute atomic E-state index is 11.1. The molecule has 5 aromatic rings. The maximum Gasteiger partial charge on any atom is 0.292 e. The van der Waals surface area contributed by atoms with E-state index in [4.69, 9.17) is 25.6 Å². The molecule has 10 heteroatoms. The summed E-state index contributed by atoms with van der Waals surface area (Å²) in [4.78, 5) is 20.4. The summed E-state index contributed by atoms with van der Waals surface area (Å²) in [5.74, 6) is 1.35. The summed E-state index contributed by atoms with van der Waals surface area (Å²) in [6.07, 6.45) is 5.65. The number of anilines is 1. The van der Waals surface area contributed by atoms with Gasteiger partial charge in [0.1, 0.15) is 22.6 Å². The first-order valence-corrected chi connectivity index (χ1v) is 11.6. The summed E-state index contributed by atoms with van der Waals surface area (Å²) in [6, 6.07) is 10.1. The van der Waals surface area contributed by atoms with Gasteiger partial charge in [0.25, 0.3) is 6.01 Å². The Morgan fingerprint density at radius 3 is 2.86 bits per heavy atom. The number of benzene rings is 2. The van der Waals surface area contributed by atoms with Gasteiger partial charge in [-0.05, 0) is 55.7 Å². The van der Waals surface area contributed by atoms with Crippen molar-refractivity contribution in [2.75, 3.05) is 12.3 Å². The van der Waals surface area contributed by atoms with Crippen LogP contribution in [0.2, 0.25) is 0 Å². The van der Waals surface area contributed by atoms with Crippen molar-refractivity contribution < 1.29 is 13.9 Å². The number of nitrogens with zero attached hydrogens (tertiary/aromatic N) is 5. The van der Waals surface area contributed by atoms with Crippen molar-refractivity contribution in [1.29, 1.82) is 0 Å². The van der Waals surface area contributed by atoms with E-state index < -0.39 is 0 Å². The lowest BCUT2D eigenvalue weighted by Crippen LogP contribution is -2.14. The van der Waals surface area contributed by atoms with Gasteiger partial charge in [-0.25, -0.2) is 4.98 Å². The molecule has 178 valence electrons. The van der Waals surface area contributed by atoms with Crippen LogP contribution in [0.4, 0.5) is 6.01 Å². The van der Waals surface area contributed by atoms with Gasteiger partial charge in [0.15, 0.2) is 5.58 Å². The molecular weight excluding hydrogens is 446 g/mol. The molecule has 0 aliphatic carbocycles. The number of imidazole rings is 1. The number of fused-ring (bicyclic) bond motifs is 1. The van der Waals surface area contributed by atoms with Crippen molar-refractivity contribution >= 4 is 34.1 Å². The van der Waals surface area contributed by atoms with Gasteiger partial charge < -0.3 is 25.2 Å². The normalized spacial score (nSPS) is 14.2. The molecule has 1 aliphatic heterocycles. The van der Waals surface area contributed by atoms with Gasteiger partial charge >= 0.3 is 0 Å². The number of aryl methyl sites for hydroxylation is 1. The van der Waals surface area contributed by atoms with E-state index in [2.05, 4.69) is 20.7 Å². The highest BCUT2D eigenvalue weighted by molar-refractivity contribution is 5.91. The molecule has 1 aliphatic rings. The summed E-state index contributed by atoms with van der Waals surface area (Å²) in [7, 11) is 0. The number of oxazole rings is 1. The molecule has 0 saturated heterocycles. The Kier molecular flexibility index (Phi) is 4.94. The Hall–Kier alpha value is -4.34. The first-order valence-electron chi connectivity index (χ1n) is 11.6. The number of primary amides is 1. The highest BCUT2D eigenvalue weighted by Crippen LogP contribution is 2.38. The zero-order valence-electron chi connectivity index (χ0n) is 19.3. The van der Waals surface area contributed by atoms with Crippen LogP contribution in [0.1, 0.15) is 32.2 Å². The second-order valence-electron chi connectivity index (χ2n) is 8.93. The fraction of sp³-hybridized carbons (Fsp3) is 0.280. The van der Waals surface area contributed by atoms with E-state index in [1.54, 1.807) is 0 Å². The van der Waals surface area contributed by atoms with Crippen molar-refractivity contribution in [3.05, 3.63) is 42.7 Å². The number of nitrogens with two attached hydrogens (primary N) is 2. The number of carbonyl (C=O) groups is 1. The van der Waals surface area contributed by atoms with Gasteiger partial charge in [-0.2, -0.15) is 10.1 Å². The van der Waals surface area contributed by atoms with Gasteiger partial charge in [-0.1, -0.05) is 0 Å². The molecule has 1 amide bonds. The molecule has 2 aromatic carbocycles. The van der Waals surface area contributed by atoms with Crippen LogP contribution in [0.15, 0.2) is 47.1 Å². The zero-order valence-corrected chi connectivity index (χ0v) is 19.3.